The first-order valence-corrected chi connectivity index (χ1v) is 4.65. The van der Waals surface area contributed by atoms with E-state index in [1.165, 1.54) is 12.7 Å². The monoisotopic (exact) mass is 231 g/mol. The van der Waals surface area contributed by atoms with Crippen LogP contribution in [-0.2, 0) is 0 Å². The zero-order valence-corrected chi connectivity index (χ0v) is 9.05. The molecule has 6 heteroatoms. The molecular weight excluding hydrogens is 218 g/mol. The fourth-order valence-electron chi connectivity index (χ4n) is 1.48. The van der Waals surface area contributed by atoms with E-state index in [-0.39, 0.29) is 23.9 Å². The predicted octanol–water partition coefficient (Wildman–Crippen LogP) is 0.708. The zero-order chi connectivity index (χ0) is 10.0. The third kappa shape index (κ3) is 2.70. The Hall–Kier alpha value is -1.07. The predicted molar refractivity (Wildman–Crippen MR) is 56.9 cm³/mol. The molecule has 1 heterocycles. The van der Waals surface area contributed by atoms with Crippen LogP contribution in [0.5, 0.6) is 0 Å². The van der Waals surface area contributed by atoms with Crippen molar-refractivity contribution in [2.24, 2.45) is 5.73 Å². The molecule has 3 N–H and O–H groups in total. The molecule has 0 unspecified atom stereocenters. The summed E-state index contributed by atoms with van der Waals surface area (Å²) in [6, 6.07) is 0. The lowest BCUT2D eigenvalue weighted by atomic mass is 9.78. The van der Waals surface area contributed by atoms with E-state index in [0.717, 1.165) is 19.3 Å². The number of amides is 1. The van der Waals surface area contributed by atoms with Crippen LogP contribution in [0.25, 0.3) is 0 Å². The van der Waals surface area contributed by atoms with E-state index in [2.05, 4.69) is 10.3 Å². The first-order chi connectivity index (χ1) is 6.70. The SMILES string of the molecule is Cl.NC1(CNC(=O)c2cocn2)CCC1. The Morgan fingerprint density at radius 2 is 2.40 bits per heavy atom. The summed E-state index contributed by atoms with van der Waals surface area (Å²) in [5, 5.41) is 2.74. The van der Waals surface area contributed by atoms with Crippen molar-refractivity contribution in [2.45, 2.75) is 24.8 Å². The van der Waals surface area contributed by atoms with Gasteiger partial charge in [-0.2, -0.15) is 0 Å². The smallest absolute Gasteiger partial charge is 0.273 e. The molecule has 15 heavy (non-hydrogen) atoms. The number of oxazole rings is 1. The van der Waals surface area contributed by atoms with Crippen molar-refractivity contribution in [1.29, 1.82) is 0 Å². The Morgan fingerprint density at radius 1 is 1.67 bits per heavy atom. The molecule has 1 amide bonds. The number of rotatable bonds is 3. The minimum absolute atomic E-state index is 0. The number of hydrogen-bond acceptors (Lipinski definition) is 4. The topological polar surface area (TPSA) is 81.1 Å². The number of carbonyl (C=O) groups excluding carboxylic acids is 1. The van der Waals surface area contributed by atoms with Crippen LogP contribution in [0.1, 0.15) is 29.8 Å². The second-order valence-corrected chi connectivity index (χ2v) is 3.77. The largest absolute Gasteiger partial charge is 0.451 e. The lowest BCUT2D eigenvalue weighted by Crippen LogP contribution is -2.54. The van der Waals surface area contributed by atoms with E-state index in [1.54, 1.807) is 0 Å². The number of nitrogens with zero attached hydrogens (tertiary/aromatic N) is 1. The van der Waals surface area contributed by atoms with Crippen molar-refractivity contribution < 1.29 is 9.21 Å². The summed E-state index contributed by atoms with van der Waals surface area (Å²) in [6.45, 7) is 0.513. The Kier molecular flexibility index (Phi) is 3.71. The van der Waals surface area contributed by atoms with Gasteiger partial charge < -0.3 is 15.5 Å². The Labute approximate surface area is 93.8 Å². The van der Waals surface area contributed by atoms with Crippen LogP contribution in [0.2, 0.25) is 0 Å². The van der Waals surface area contributed by atoms with Crippen molar-refractivity contribution >= 4 is 18.3 Å². The maximum atomic E-state index is 11.4. The lowest BCUT2D eigenvalue weighted by Gasteiger charge is -2.37. The second kappa shape index (κ2) is 4.63. The minimum atomic E-state index is -0.226. The average molecular weight is 232 g/mol. The molecule has 1 aromatic heterocycles. The Bertz CT molecular complexity index is 322. The van der Waals surface area contributed by atoms with Crippen LogP contribution in [0.4, 0.5) is 0 Å². The van der Waals surface area contributed by atoms with Crippen LogP contribution < -0.4 is 11.1 Å². The molecule has 1 saturated carbocycles. The molecule has 0 bridgehead atoms. The number of nitrogens with two attached hydrogens (primary N) is 1. The standard InChI is InChI=1S/C9H13N3O2.ClH/c10-9(2-1-3-9)5-11-8(13)7-4-14-6-12-7;/h4,6H,1-3,5,10H2,(H,11,13);1H. The molecule has 0 saturated heterocycles. The van der Waals surface area contributed by atoms with E-state index in [9.17, 15) is 4.79 Å². The van der Waals surface area contributed by atoms with Crippen molar-refractivity contribution in [1.82, 2.24) is 10.3 Å². The quantitative estimate of drug-likeness (QED) is 0.803. The number of aromatic nitrogens is 1. The summed E-state index contributed by atoms with van der Waals surface area (Å²) in [5.41, 5.74) is 6.05. The van der Waals surface area contributed by atoms with Gasteiger partial charge in [-0.05, 0) is 19.3 Å². The van der Waals surface area contributed by atoms with Crippen LogP contribution in [0.3, 0.4) is 0 Å². The molecule has 0 atom stereocenters. The fraction of sp³-hybridized carbons (Fsp3) is 0.556. The maximum absolute atomic E-state index is 11.4. The summed E-state index contributed by atoms with van der Waals surface area (Å²) in [5.74, 6) is -0.226. The summed E-state index contributed by atoms with van der Waals surface area (Å²) in [4.78, 5) is 15.1. The molecule has 2 rings (SSSR count). The highest BCUT2D eigenvalue weighted by molar-refractivity contribution is 5.91. The molecule has 1 aromatic rings. The highest BCUT2D eigenvalue weighted by Gasteiger charge is 2.32. The Morgan fingerprint density at radius 3 is 2.87 bits per heavy atom. The van der Waals surface area contributed by atoms with Gasteiger partial charge in [0.1, 0.15) is 6.26 Å². The first kappa shape index (κ1) is 12.0. The van der Waals surface area contributed by atoms with Gasteiger partial charge in [0, 0.05) is 12.1 Å². The Balaban J connectivity index is 0.00000112. The molecule has 84 valence electrons. The van der Waals surface area contributed by atoms with Gasteiger partial charge in [0.05, 0.1) is 0 Å². The summed E-state index contributed by atoms with van der Waals surface area (Å²) < 4.78 is 4.70. The fourth-order valence-corrected chi connectivity index (χ4v) is 1.48. The summed E-state index contributed by atoms with van der Waals surface area (Å²) in [6.07, 6.45) is 5.66. The van der Waals surface area contributed by atoms with Gasteiger partial charge in [-0.1, -0.05) is 0 Å². The normalized spacial score (nSPS) is 17.4. The van der Waals surface area contributed by atoms with Crippen LogP contribution in [0.15, 0.2) is 17.1 Å². The van der Waals surface area contributed by atoms with Crippen molar-refractivity contribution in [3.05, 3.63) is 18.4 Å². The van der Waals surface area contributed by atoms with Gasteiger partial charge in [-0.15, -0.1) is 12.4 Å². The first-order valence-electron chi connectivity index (χ1n) is 4.65. The molecule has 1 aliphatic rings. The molecule has 0 spiro atoms. The van der Waals surface area contributed by atoms with Crippen molar-refractivity contribution in [3.8, 4) is 0 Å². The third-order valence-corrected chi connectivity index (χ3v) is 2.62. The second-order valence-electron chi connectivity index (χ2n) is 3.77. The number of halogens is 1. The van der Waals surface area contributed by atoms with Crippen LogP contribution in [-0.4, -0.2) is 23.0 Å². The molecule has 5 nitrogen and oxygen atoms in total. The molecule has 0 aliphatic heterocycles. The molecule has 0 aromatic carbocycles. The number of hydrogen-bond donors (Lipinski definition) is 2. The van der Waals surface area contributed by atoms with Gasteiger partial charge in [-0.3, -0.25) is 4.79 Å². The van der Waals surface area contributed by atoms with Crippen LogP contribution >= 0.6 is 12.4 Å². The third-order valence-electron chi connectivity index (χ3n) is 2.62. The molecule has 1 fully saturated rings. The highest BCUT2D eigenvalue weighted by atomic mass is 35.5. The van der Waals surface area contributed by atoms with Gasteiger partial charge in [0.15, 0.2) is 12.1 Å². The van der Waals surface area contributed by atoms with Gasteiger partial charge in [0.25, 0.3) is 5.91 Å². The van der Waals surface area contributed by atoms with Crippen molar-refractivity contribution in [3.63, 3.8) is 0 Å². The summed E-state index contributed by atoms with van der Waals surface area (Å²) >= 11 is 0. The minimum Gasteiger partial charge on any atom is -0.451 e. The van der Waals surface area contributed by atoms with E-state index < -0.39 is 0 Å². The average Bonchev–Trinajstić information content (AvgIpc) is 2.63. The van der Waals surface area contributed by atoms with Crippen molar-refractivity contribution in [2.75, 3.05) is 6.54 Å². The highest BCUT2D eigenvalue weighted by Crippen LogP contribution is 2.28. The van der Waals surface area contributed by atoms with Crippen LogP contribution in [0, 0.1) is 0 Å². The van der Waals surface area contributed by atoms with E-state index in [0.29, 0.717) is 12.2 Å². The van der Waals surface area contributed by atoms with Gasteiger partial charge >= 0.3 is 0 Å². The maximum Gasteiger partial charge on any atom is 0.273 e. The zero-order valence-electron chi connectivity index (χ0n) is 8.23. The number of carbonyl (C=O) groups is 1. The lowest BCUT2D eigenvalue weighted by molar-refractivity contribution is 0.0925. The summed E-state index contributed by atoms with van der Waals surface area (Å²) in [7, 11) is 0. The van der Waals surface area contributed by atoms with Gasteiger partial charge in [0.2, 0.25) is 0 Å². The molecule has 1 aliphatic carbocycles. The molecule has 0 radical (unpaired) electrons. The van der Waals surface area contributed by atoms with Gasteiger partial charge in [-0.25, -0.2) is 4.98 Å². The van der Waals surface area contributed by atoms with E-state index >= 15 is 0 Å². The number of nitrogens with one attached hydrogen (secondary N) is 1. The molecular formula is C9H14ClN3O2. The van der Waals surface area contributed by atoms with E-state index in [1.807, 2.05) is 0 Å². The van der Waals surface area contributed by atoms with E-state index in [4.69, 9.17) is 10.2 Å².